The van der Waals surface area contributed by atoms with Crippen molar-refractivity contribution >= 4 is 5.97 Å². The molecule has 0 amide bonds. The van der Waals surface area contributed by atoms with Gasteiger partial charge in [0.2, 0.25) is 0 Å². The molecule has 0 fully saturated rings. The summed E-state index contributed by atoms with van der Waals surface area (Å²) in [6.07, 6.45) is 1.85. The molecule has 2 rings (SSSR count). The Hall–Kier alpha value is -2.20. The van der Waals surface area contributed by atoms with Crippen LogP contribution in [-0.2, 0) is 9.53 Å². The second kappa shape index (κ2) is 6.50. The third-order valence-electron chi connectivity index (χ3n) is 3.55. The van der Waals surface area contributed by atoms with Gasteiger partial charge in [0.1, 0.15) is 0 Å². The van der Waals surface area contributed by atoms with Crippen LogP contribution in [-0.4, -0.2) is 18.1 Å². The van der Waals surface area contributed by atoms with Gasteiger partial charge in [0, 0.05) is 6.20 Å². The summed E-state index contributed by atoms with van der Waals surface area (Å²) in [5.41, 5.74) is 11.4. The summed E-state index contributed by atoms with van der Waals surface area (Å²) in [5, 5.41) is 0. The highest BCUT2D eigenvalue weighted by Crippen LogP contribution is 2.28. The summed E-state index contributed by atoms with van der Waals surface area (Å²) >= 11 is 0. The molecule has 21 heavy (non-hydrogen) atoms. The van der Waals surface area contributed by atoms with Crippen LogP contribution in [0.2, 0.25) is 0 Å². The Kier molecular flexibility index (Phi) is 4.70. The lowest BCUT2D eigenvalue weighted by Crippen LogP contribution is -2.17. The van der Waals surface area contributed by atoms with Crippen LogP contribution >= 0.6 is 0 Å². The second-order valence-corrected chi connectivity index (χ2v) is 5.12. The molecule has 0 saturated carbocycles. The lowest BCUT2D eigenvalue weighted by atomic mass is 9.95. The maximum atomic E-state index is 11.3. The van der Waals surface area contributed by atoms with Crippen LogP contribution in [0.15, 0.2) is 36.5 Å². The quantitative estimate of drug-likeness (QED) is 0.877. The van der Waals surface area contributed by atoms with E-state index in [2.05, 4.69) is 35.7 Å². The SMILES string of the molecule is COC(=O)C[C@H](N)c1cc(-c2c(C)cccc2C)ccn1. The van der Waals surface area contributed by atoms with Crippen molar-refractivity contribution in [2.24, 2.45) is 5.73 Å². The zero-order valence-corrected chi connectivity index (χ0v) is 12.6. The smallest absolute Gasteiger partial charge is 0.307 e. The first kappa shape index (κ1) is 15.2. The summed E-state index contributed by atoms with van der Waals surface area (Å²) in [6.45, 7) is 4.16. The summed E-state index contributed by atoms with van der Waals surface area (Å²) in [5.74, 6) is -0.332. The third-order valence-corrected chi connectivity index (χ3v) is 3.55. The van der Waals surface area contributed by atoms with Crippen molar-refractivity contribution in [2.45, 2.75) is 26.3 Å². The monoisotopic (exact) mass is 284 g/mol. The first-order chi connectivity index (χ1) is 10.0. The van der Waals surface area contributed by atoms with Gasteiger partial charge >= 0.3 is 5.97 Å². The van der Waals surface area contributed by atoms with E-state index in [1.54, 1.807) is 6.20 Å². The van der Waals surface area contributed by atoms with E-state index in [4.69, 9.17) is 5.73 Å². The minimum atomic E-state index is -0.457. The molecule has 0 aliphatic carbocycles. The van der Waals surface area contributed by atoms with E-state index in [9.17, 15) is 4.79 Å². The minimum Gasteiger partial charge on any atom is -0.469 e. The molecule has 0 aliphatic heterocycles. The Labute approximate surface area is 125 Å². The van der Waals surface area contributed by atoms with E-state index in [0.29, 0.717) is 5.69 Å². The maximum absolute atomic E-state index is 11.3. The molecule has 0 radical (unpaired) electrons. The van der Waals surface area contributed by atoms with Crippen molar-refractivity contribution in [3.63, 3.8) is 0 Å². The van der Waals surface area contributed by atoms with Crippen molar-refractivity contribution < 1.29 is 9.53 Å². The van der Waals surface area contributed by atoms with Gasteiger partial charge < -0.3 is 10.5 Å². The fourth-order valence-electron chi connectivity index (χ4n) is 2.44. The summed E-state index contributed by atoms with van der Waals surface area (Å²) in [7, 11) is 1.36. The molecule has 1 heterocycles. The van der Waals surface area contributed by atoms with Crippen LogP contribution in [0.5, 0.6) is 0 Å². The molecule has 0 bridgehead atoms. The maximum Gasteiger partial charge on any atom is 0.307 e. The molecular weight excluding hydrogens is 264 g/mol. The lowest BCUT2D eigenvalue weighted by Gasteiger charge is -2.14. The summed E-state index contributed by atoms with van der Waals surface area (Å²) < 4.78 is 4.65. The number of carbonyl (C=O) groups excluding carboxylic acids is 1. The molecule has 0 unspecified atom stereocenters. The Bertz CT molecular complexity index is 633. The van der Waals surface area contributed by atoms with E-state index >= 15 is 0 Å². The van der Waals surface area contributed by atoms with E-state index in [-0.39, 0.29) is 12.4 Å². The standard InChI is InChI=1S/C17H20N2O2/c1-11-5-4-6-12(2)17(11)13-7-8-19-15(9-13)14(18)10-16(20)21-3/h4-9,14H,10,18H2,1-3H3/t14-/m0/s1. The number of hydrogen-bond donors (Lipinski definition) is 1. The number of pyridine rings is 1. The third kappa shape index (κ3) is 3.47. The average molecular weight is 284 g/mol. The molecule has 0 spiro atoms. The Balaban J connectivity index is 2.36. The van der Waals surface area contributed by atoms with Crippen molar-refractivity contribution in [3.8, 4) is 11.1 Å². The minimum absolute atomic E-state index is 0.125. The highest BCUT2D eigenvalue weighted by molar-refractivity contribution is 5.72. The molecule has 1 atom stereocenters. The normalized spacial score (nSPS) is 12.0. The predicted octanol–water partition coefficient (Wildman–Crippen LogP) is 2.93. The van der Waals surface area contributed by atoms with Crippen molar-refractivity contribution in [1.82, 2.24) is 4.98 Å². The molecule has 0 saturated heterocycles. The van der Waals surface area contributed by atoms with Gasteiger partial charge in [-0.05, 0) is 48.2 Å². The lowest BCUT2D eigenvalue weighted by molar-refractivity contribution is -0.141. The van der Waals surface area contributed by atoms with Crippen molar-refractivity contribution in [1.29, 1.82) is 0 Å². The first-order valence-electron chi connectivity index (χ1n) is 6.88. The largest absolute Gasteiger partial charge is 0.469 e. The Morgan fingerprint density at radius 3 is 2.57 bits per heavy atom. The van der Waals surface area contributed by atoms with Gasteiger partial charge in [-0.25, -0.2) is 0 Å². The number of carbonyl (C=O) groups is 1. The number of hydrogen-bond acceptors (Lipinski definition) is 4. The summed E-state index contributed by atoms with van der Waals surface area (Å²) in [4.78, 5) is 15.6. The van der Waals surface area contributed by atoms with Gasteiger partial charge in [0.15, 0.2) is 0 Å². The van der Waals surface area contributed by atoms with Crippen LogP contribution in [0.1, 0.15) is 29.3 Å². The van der Waals surface area contributed by atoms with Crippen LogP contribution in [0.4, 0.5) is 0 Å². The van der Waals surface area contributed by atoms with E-state index in [0.717, 1.165) is 5.56 Å². The highest BCUT2D eigenvalue weighted by atomic mass is 16.5. The van der Waals surface area contributed by atoms with E-state index in [1.807, 2.05) is 18.2 Å². The van der Waals surface area contributed by atoms with Crippen LogP contribution in [0, 0.1) is 13.8 Å². The van der Waals surface area contributed by atoms with Crippen LogP contribution in [0.3, 0.4) is 0 Å². The molecule has 0 aliphatic rings. The molecule has 1 aromatic heterocycles. The Morgan fingerprint density at radius 1 is 1.29 bits per heavy atom. The zero-order chi connectivity index (χ0) is 15.4. The zero-order valence-electron chi connectivity index (χ0n) is 12.6. The van der Waals surface area contributed by atoms with Gasteiger partial charge in [-0.2, -0.15) is 0 Å². The Morgan fingerprint density at radius 2 is 1.95 bits per heavy atom. The number of nitrogens with zero attached hydrogens (tertiary/aromatic N) is 1. The fraction of sp³-hybridized carbons (Fsp3) is 0.294. The van der Waals surface area contributed by atoms with Gasteiger partial charge in [-0.3, -0.25) is 9.78 Å². The molecule has 4 nitrogen and oxygen atoms in total. The molecule has 4 heteroatoms. The number of esters is 1. The van der Waals surface area contributed by atoms with E-state index in [1.165, 1.54) is 23.8 Å². The average Bonchev–Trinajstić information content (AvgIpc) is 2.47. The number of rotatable bonds is 4. The number of aryl methyl sites for hydroxylation is 2. The first-order valence-corrected chi connectivity index (χ1v) is 6.88. The molecule has 2 N–H and O–H groups in total. The number of nitrogens with two attached hydrogens (primary N) is 1. The van der Waals surface area contributed by atoms with Gasteiger partial charge in [0.05, 0.1) is 25.3 Å². The van der Waals surface area contributed by atoms with Crippen LogP contribution in [0.25, 0.3) is 11.1 Å². The number of benzene rings is 1. The van der Waals surface area contributed by atoms with Crippen LogP contribution < -0.4 is 5.73 Å². The van der Waals surface area contributed by atoms with Gasteiger partial charge in [-0.15, -0.1) is 0 Å². The molecule has 110 valence electrons. The van der Waals surface area contributed by atoms with Gasteiger partial charge in [0.25, 0.3) is 0 Å². The highest BCUT2D eigenvalue weighted by Gasteiger charge is 2.14. The van der Waals surface area contributed by atoms with Gasteiger partial charge in [-0.1, -0.05) is 18.2 Å². The molecule has 1 aromatic carbocycles. The number of methoxy groups -OCH3 is 1. The number of ether oxygens (including phenoxy) is 1. The topological polar surface area (TPSA) is 65.2 Å². The number of aromatic nitrogens is 1. The predicted molar refractivity (Wildman–Crippen MR) is 82.7 cm³/mol. The second-order valence-electron chi connectivity index (χ2n) is 5.12. The fourth-order valence-corrected chi connectivity index (χ4v) is 2.44. The molecular formula is C17H20N2O2. The van der Waals surface area contributed by atoms with E-state index < -0.39 is 6.04 Å². The van der Waals surface area contributed by atoms with Crippen molar-refractivity contribution in [3.05, 3.63) is 53.3 Å². The molecule has 2 aromatic rings. The summed E-state index contributed by atoms with van der Waals surface area (Å²) in [6, 6.07) is 9.65. The van der Waals surface area contributed by atoms with Crippen molar-refractivity contribution in [2.75, 3.05) is 7.11 Å².